The quantitative estimate of drug-likeness (QED) is 0.652. The number of hydrogen-bond donors (Lipinski definition) is 1. The Kier molecular flexibility index (Phi) is 5.50. The van der Waals surface area contributed by atoms with E-state index >= 15 is 0 Å². The van der Waals surface area contributed by atoms with Crippen molar-refractivity contribution in [1.29, 1.82) is 0 Å². The molecule has 74 valence electrons. The van der Waals surface area contributed by atoms with E-state index in [1.165, 1.54) is 32.5 Å². The molecule has 2 atom stereocenters. The second-order valence-corrected chi connectivity index (χ2v) is 3.60. The van der Waals surface area contributed by atoms with Crippen LogP contribution in [0.15, 0.2) is 0 Å². The van der Waals surface area contributed by atoms with Crippen LogP contribution in [-0.2, 0) is 0 Å². The molecule has 1 N–H and O–H groups in total. The summed E-state index contributed by atoms with van der Waals surface area (Å²) < 4.78 is 0. The van der Waals surface area contributed by atoms with Crippen LogP contribution in [0.4, 0.5) is 0 Å². The van der Waals surface area contributed by atoms with Gasteiger partial charge in [0.1, 0.15) is 0 Å². The van der Waals surface area contributed by atoms with E-state index in [0.717, 1.165) is 6.04 Å². The smallest absolute Gasteiger partial charge is 0.0221 e. The Labute approximate surface area is 86.9 Å². The van der Waals surface area contributed by atoms with Crippen molar-refractivity contribution >= 4 is 24.8 Å². The fourth-order valence-corrected chi connectivity index (χ4v) is 2.12. The van der Waals surface area contributed by atoms with E-state index in [1.807, 2.05) is 0 Å². The Balaban J connectivity index is 0.000000605. The fourth-order valence-electron chi connectivity index (χ4n) is 2.12. The van der Waals surface area contributed by atoms with Crippen LogP contribution in [-0.4, -0.2) is 36.6 Å². The summed E-state index contributed by atoms with van der Waals surface area (Å²) in [6, 6.07) is 1.59. The van der Waals surface area contributed by atoms with Crippen molar-refractivity contribution < 1.29 is 0 Å². The number of hydrogen-bond acceptors (Lipinski definition) is 2. The van der Waals surface area contributed by atoms with Crippen LogP contribution in [0.5, 0.6) is 0 Å². The van der Waals surface area contributed by atoms with Gasteiger partial charge in [-0.15, -0.1) is 24.8 Å². The SMILES string of the molecule is C[C@H]1CN2CCC[C@@H]2CN1.Cl.Cl. The van der Waals surface area contributed by atoms with Crippen LogP contribution >= 0.6 is 24.8 Å². The van der Waals surface area contributed by atoms with Gasteiger partial charge in [0.15, 0.2) is 0 Å². The van der Waals surface area contributed by atoms with Crippen LogP contribution in [0, 0.1) is 0 Å². The van der Waals surface area contributed by atoms with Crippen molar-refractivity contribution in [2.24, 2.45) is 0 Å². The molecule has 2 aliphatic heterocycles. The first-order valence-corrected chi connectivity index (χ1v) is 4.33. The number of halogens is 2. The van der Waals surface area contributed by atoms with Gasteiger partial charge < -0.3 is 5.32 Å². The van der Waals surface area contributed by atoms with Crippen LogP contribution in [0.1, 0.15) is 19.8 Å². The van der Waals surface area contributed by atoms with Gasteiger partial charge in [0, 0.05) is 25.2 Å². The molecule has 0 radical (unpaired) electrons. The number of nitrogens with zero attached hydrogens (tertiary/aromatic N) is 1. The summed E-state index contributed by atoms with van der Waals surface area (Å²) in [5.74, 6) is 0. The monoisotopic (exact) mass is 212 g/mol. The molecule has 12 heavy (non-hydrogen) atoms. The predicted octanol–water partition coefficient (Wildman–Crippen LogP) is 1.29. The van der Waals surface area contributed by atoms with Gasteiger partial charge in [-0.1, -0.05) is 0 Å². The second kappa shape index (κ2) is 5.28. The Bertz CT molecular complexity index is 132. The first kappa shape index (κ1) is 12.5. The molecule has 0 aliphatic carbocycles. The Hall–Kier alpha value is 0.500. The van der Waals surface area contributed by atoms with E-state index in [-0.39, 0.29) is 24.8 Å². The minimum Gasteiger partial charge on any atom is -0.311 e. The zero-order valence-corrected chi connectivity index (χ0v) is 9.09. The van der Waals surface area contributed by atoms with Gasteiger partial charge in [0.05, 0.1) is 0 Å². The molecule has 0 unspecified atom stereocenters. The van der Waals surface area contributed by atoms with E-state index in [1.54, 1.807) is 0 Å². The standard InChI is InChI=1S/C8H16N2.2ClH/c1-7-6-10-4-2-3-8(10)5-9-7;;/h7-9H,2-6H2,1H3;2*1H/t7-,8+;;/m0../s1. The molecule has 0 aromatic heterocycles. The molecule has 0 spiro atoms. The first-order valence-electron chi connectivity index (χ1n) is 4.33. The van der Waals surface area contributed by atoms with Crippen molar-refractivity contribution in [2.75, 3.05) is 19.6 Å². The van der Waals surface area contributed by atoms with E-state index < -0.39 is 0 Å². The second-order valence-electron chi connectivity index (χ2n) is 3.60. The highest BCUT2D eigenvalue weighted by Crippen LogP contribution is 2.19. The molecule has 2 aliphatic rings. The minimum absolute atomic E-state index is 0. The summed E-state index contributed by atoms with van der Waals surface area (Å²) in [7, 11) is 0. The van der Waals surface area contributed by atoms with Gasteiger partial charge >= 0.3 is 0 Å². The lowest BCUT2D eigenvalue weighted by atomic mass is 10.1. The summed E-state index contributed by atoms with van der Waals surface area (Å²) in [6.07, 6.45) is 2.83. The molecular formula is C8H18Cl2N2. The van der Waals surface area contributed by atoms with Gasteiger partial charge in [-0.2, -0.15) is 0 Å². The molecule has 0 aromatic rings. The first-order chi connectivity index (χ1) is 4.86. The minimum atomic E-state index is 0. The summed E-state index contributed by atoms with van der Waals surface area (Å²) in [6.45, 7) is 6.11. The largest absolute Gasteiger partial charge is 0.311 e. The van der Waals surface area contributed by atoms with E-state index in [0.29, 0.717) is 6.04 Å². The van der Waals surface area contributed by atoms with E-state index in [2.05, 4.69) is 17.1 Å². The summed E-state index contributed by atoms with van der Waals surface area (Å²) in [5.41, 5.74) is 0. The molecule has 2 heterocycles. The van der Waals surface area contributed by atoms with Gasteiger partial charge in [-0.05, 0) is 26.3 Å². The molecule has 4 heteroatoms. The van der Waals surface area contributed by atoms with E-state index in [9.17, 15) is 0 Å². The number of rotatable bonds is 0. The molecule has 2 nitrogen and oxygen atoms in total. The molecule has 0 amide bonds. The van der Waals surface area contributed by atoms with Crippen LogP contribution in [0.25, 0.3) is 0 Å². The summed E-state index contributed by atoms with van der Waals surface area (Å²) in [4.78, 5) is 2.63. The third kappa shape index (κ3) is 2.49. The highest BCUT2D eigenvalue weighted by molar-refractivity contribution is 5.85. The van der Waals surface area contributed by atoms with Gasteiger partial charge in [0.25, 0.3) is 0 Å². The van der Waals surface area contributed by atoms with Crippen molar-refractivity contribution in [2.45, 2.75) is 31.8 Å². The highest BCUT2D eigenvalue weighted by atomic mass is 35.5. The third-order valence-electron chi connectivity index (χ3n) is 2.71. The van der Waals surface area contributed by atoms with Gasteiger partial charge in [-0.3, -0.25) is 4.90 Å². The third-order valence-corrected chi connectivity index (χ3v) is 2.71. The average molecular weight is 213 g/mol. The van der Waals surface area contributed by atoms with Crippen LogP contribution in [0.2, 0.25) is 0 Å². The lowest BCUT2D eigenvalue weighted by Gasteiger charge is -2.34. The van der Waals surface area contributed by atoms with Gasteiger partial charge in [0.2, 0.25) is 0 Å². The molecular weight excluding hydrogens is 195 g/mol. The normalized spacial score (nSPS) is 34.8. The molecule has 0 saturated carbocycles. The lowest BCUT2D eigenvalue weighted by Crippen LogP contribution is -2.52. The molecule has 2 saturated heterocycles. The fraction of sp³-hybridized carbons (Fsp3) is 1.00. The molecule has 0 bridgehead atoms. The Morgan fingerprint density at radius 3 is 2.83 bits per heavy atom. The van der Waals surface area contributed by atoms with Crippen molar-refractivity contribution in [3.63, 3.8) is 0 Å². The maximum atomic E-state index is 3.51. The number of nitrogens with one attached hydrogen (secondary N) is 1. The highest BCUT2D eigenvalue weighted by Gasteiger charge is 2.28. The van der Waals surface area contributed by atoms with Crippen LogP contribution < -0.4 is 5.32 Å². The predicted molar refractivity (Wildman–Crippen MR) is 56.6 cm³/mol. The van der Waals surface area contributed by atoms with E-state index in [4.69, 9.17) is 0 Å². The molecule has 2 fully saturated rings. The zero-order valence-electron chi connectivity index (χ0n) is 7.45. The number of piperazine rings is 1. The Morgan fingerprint density at radius 2 is 2.08 bits per heavy atom. The maximum absolute atomic E-state index is 3.51. The van der Waals surface area contributed by atoms with Crippen LogP contribution in [0.3, 0.4) is 0 Å². The molecule has 2 rings (SSSR count). The number of fused-ring (bicyclic) bond motifs is 1. The summed E-state index contributed by atoms with van der Waals surface area (Å²) >= 11 is 0. The average Bonchev–Trinajstić information content (AvgIpc) is 2.33. The topological polar surface area (TPSA) is 15.3 Å². The van der Waals surface area contributed by atoms with Gasteiger partial charge in [-0.25, -0.2) is 0 Å². The van der Waals surface area contributed by atoms with Crippen molar-refractivity contribution in [3.05, 3.63) is 0 Å². The van der Waals surface area contributed by atoms with Crippen molar-refractivity contribution in [3.8, 4) is 0 Å². The lowest BCUT2D eigenvalue weighted by molar-refractivity contribution is 0.180. The Morgan fingerprint density at radius 1 is 1.33 bits per heavy atom. The molecule has 0 aromatic carbocycles. The summed E-state index contributed by atoms with van der Waals surface area (Å²) in [5, 5.41) is 3.51. The zero-order chi connectivity index (χ0) is 6.97. The maximum Gasteiger partial charge on any atom is 0.0221 e. The van der Waals surface area contributed by atoms with Crippen molar-refractivity contribution in [1.82, 2.24) is 10.2 Å².